The molecule has 0 atom stereocenters. The van der Waals surface area contributed by atoms with Crippen LogP contribution in [0.3, 0.4) is 0 Å². The summed E-state index contributed by atoms with van der Waals surface area (Å²) in [5.74, 6) is -2.08. The van der Waals surface area contributed by atoms with Gasteiger partial charge in [0.15, 0.2) is 0 Å². The summed E-state index contributed by atoms with van der Waals surface area (Å²) in [6, 6.07) is 20.1. The summed E-state index contributed by atoms with van der Waals surface area (Å²) >= 11 is 0. The zero-order chi connectivity index (χ0) is 25.3. The van der Waals surface area contributed by atoms with Crippen molar-refractivity contribution in [3.05, 3.63) is 89.5 Å². The number of hydrogen-bond acceptors (Lipinski definition) is 3. The van der Waals surface area contributed by atoms with Gasteiger partial charge in [0.2, 0.25) is 5.91 Å². The molecule has 2 aliphatic rings. The Hall–Kier alpha value is -4.05. The highest BCUT2D eigenvalue weighted by Gasteiger charge is 2.56. The van der Waals surface area contributed by atoms with Crippen LogP contribution in [0.5, 0.6) is 0 Å². The average Bonchev–Trinajstić information content (AvgIpc) is 3.73. The fourth-order valence-electron chi connectivity index (χ4n) is 5.22. The van der Waals surface area contributed by atoms with Gasteiger partial charge in [0.25, 0.3) is 5.91 Å². The number of benzene rings is 3. The molecule has 1 aliphatic carbocycles. The van der Waals surface area contributed by atoms with E-state index in [0.29, 0.717) is 61.0 Å². The van der Waals surface area contributed by atoms with Gasteiger partial charge < -0.3 is 10.2 Å². The first-order chi connectivity index (χ1) is 17.4. The van der Waals surface area contributed by atoms with Crippen LogP contribution in [0.25, 0.3) is 11.1 Å². The number of carbonyl (C=O) groups excluding carboxylic acids is 2. The highest BCUT2D eigenvalue weighted by Crippen LogP contribution is 2.56. The molecule has 5 nitrogen and oxygen atoms in total. The highest BCUT2D eigenvalue weighted by atomic mass is 19.1. The van der Waals surface area contributed by atoms with E-state index in [2.05, 4.69) is 5.32 Å². The van der Waals surface area contributed by atoms with E-state index < -0.39 is 22.7 Å². The van der Waals surface area contributed by atoms with Crippen molar-refractivity contribution in [2.45, 2.75) is 25.7 Å². The van der Waals surface area contributed by atoms with E-state index in [1.54, 1.807) is 53.4 Å². The van der Waals surface area contributed by atoms with Gasteiger partial charge in [-0.15, -0.1) is 0 Å². The van der Waals surface area contributed by atoms with Crippen molar-refractivity contribution in [1.82, 2.24) is 4.90 Å². The first-order valence-corrected chi connectivity index (χ1v) is 12.1. The van der Waals surface area contributed by atoms with E-state index in [4.69, 9.17) is 5.26 Å². The Labute approximate surface area is 208 Å². The molecule has 2 fully saturated rings. The highest BCUT2D eigenvalue weighted by molar-refractivity contribution is 5.98. The molecule has 1 aliphatic heterocycles. The van der Waals surface area contributed by atoms with Gasteiger partial charge in [-0.2, -0.15) is 5.26 Å². The van der Waals surface area contributed by atoms with Crippen LogP contribution in [0.2, 0.25) is 0 Å². The van der Waals surface area contributed by atoms with Crippen molar-refractivity contribution < 1.29 is 18.4 Å². The monoisotopic (exact) mass is 485 g/mol. The summed E-state index contributed by atoms with van der Waals surface area (Å²) in [4.78, 5) is 27.8. The lowest BCUT2D eigenvalue weighted by molar-refractivity contribution is -0.123. The first-order valence-electron chi connectivity index (χ1n) is 12.1. The molecule has 1 N–H and O–H groups in total. The quantitative estimate of drug-likeness (QED) is 0.498. The fraction of sp³-hybridized carbons (Fsp3) is 0.276. The van der Waals surface area contributed by atoms with Gasteiger partial charge in [0, 0.05) is 18.7 Å². The minimum Gasteiger partial charge on any atom is -0.339 e. The Morgan fingerprint density at radius 1 is 0.917 bits per heavy atom. The third-order valence-electron chi connectivity index (χ3n) is 7.43. The van der Waals surface area contributed by atoms with E-state index in [1.165, 1.54) is 12.1 Å². The normalized spacial score (nSPS) is 16.8. The van der Waals surface area contributed by atoms with Crippen molar-refractivity contribution >= 4 is 17.5 Å². The molecule has 0 radical (unpaired) electrons. The molecule has 1 heterocycles. The first kappa shape index (κ1) is 23.7. The van der Waals surface area contributed by atoms with E-state index in [0.717, 1.165) is 0 Å². The molecule has 1 saturated carbocycles. The number of rotatable bonds is 5. The van der Waals surface area contributed by atoms with Crippen molar-refractivity contribution in [3.63, 3.8) is 0 Å². The largest absolute Gasteiger partial charge is 0.339 e. The second-order valence-electron chi connectivity index (χ2n) is 9.55. The number of nitrogens with zero attached hydrogens (tertiary/aromatic N) is 2. The molecule has 36 heavy (non-hydrogen) atoms. The SMILES string of the molecule is N#Cc1cccc(C(=O)N2CCC(C3(C(=O)Nc4c(F)cc(-c5ccccc5)cc4F)CC3)CC2)c1. The maximum absolute atomic E-state index is 14.8. The van der Waals surface area contributed by atoms with E-state index in [9.17, 15) is 18.4 Å². The number of nitriles is 1. The third kappa shape index (κ3) is 4.47. The van der Waals surface area contributed by atoms with Crippen LogP contribution in [0, 0.1) is 34.3 Å². The molecule has 0 unspecified atom stereocenters. The number of carbonyl (C=O) groups is 2. The van der Waals surface area contributed by atoms with Gasteiger partial charge in [-0.05, 0) is 73.1 Å². The zero-order valence-electron chi connectivity index (χ0n) is 19.6. The molecular formula is C29H25F2N3O2. The van der Waals surface area contributed by atoms with Gasteiger partial charge >= 0.3 is 0 Å². The zero-order valence-corrected chi connectivity index (χ0v) is 19.6. The Morgan fingerprint density at radius 2 is 1.58 bits per heavy atom. The second kappa shape index (κ2) is 9.54. The van der Waals surface area contributed by atoms with Crippen LogP contribution >= 0.6 is 0 Å². The second-order valence-corrected chi connectivity index (χ2v) is 9.55. The number of likely N-dealkylation sites (tertiary alicyclic amines) is 1. The Balaban J connectivity index is 1.25. The van der Waals surface area contributed by atoms with Crippen molar-refractivity contribution in [3.8, 4) is 17.2 Å². The summed E-state index contributed by atoms with van der Waals surface area (Å²) in [7, 11) is 0. The number of halogens is 2. The minimum absolute atomic E-state index is 0.0294. The molecule has 1 saturated heterocycles. The number of piperidine rings is 1. The summed E-state index contributed by atoms with van der Waals surface area (Å²) in [6.07, 6.45) is 2.59. The van der Waals surface area contributed by atoms with Gasteiger partial charge in [-0.25, -0.2) is 8.78 Å². The predicted octanol–water partition coefficient (Wildman–Crippen LogP) is 5.77. The maximum atomic E-state index is 14.8. The predicted molar refractivity (Wildman–Crippen MR) is 132 cm³/mol. The van der Waals surface area contributed by atoms with Gasteiger partial charge in [-0.3, -0.25) is 9.59 Å². The third-order valence-corrected chi connectivity index (χ3v) is 7.43. The van der Waals surface area contributed by atoms with Crippen LogP contribution in [0.15, 0.2) is 66.7 Å². The number of hydrogen-bond donors (Lipinski definition) is 1. The van der Waals surface area contributed by atoms with Crippen LogP contribution in [-0.4, -0.2) is 29.8 Å². The molecule has 182 valence electrons. The maximum Gasteiger partial charge on any atom is 0.253 e. The van der Waals surface area contributed by atoms with E-state index in [-0.39, 0.29) is 17.7 Å². The molecule has 0 aromatic heterocycles. The van der Waals surface area contributed by atoms with Gasteiger partial charge in [-0.1, -0.05) is 36.4 Å². The minimum atomic E-state index is -0.807. The van der Waals surface area contributed by atoms with Crippen molar-refractivity contribution in [2.24, 2.45) is 11.3 Å². The van der Waals surface area contributed by atoms with Crippen LogP contribution in [-0.2, 0) is 4.79 Å². The average molecular weight is 486 g/mol. The topological polar surface area (TPSA) is 73.2 Å². The Bertz CT molecular complexity index is 1330. The number of anilines is 1. The summed E-state index contributed by atoms with van der Waals surface area (Å²) in [5, 5.41) is 11.6. The molecular weight excluding hydrogens is 460 g/mol. The van der Waals surface area contributed by atoms with E-state index in [1.807, 2.05) is 12.1 Å². The summed E-state index contributed by atoms with van der Waals surface area (Å²) < 4.78 is 29.7. The molecule has 2 amide bonds. The van der Waals surface area contributed by atoms with Gasteiger partial charge in [0.05, 0.1) is 17.0 Å². The molecule has 7 heteroatoms. The lowest BCUT2D eigenvalue weighted by atomic mass is 9.80. The van der Waals surface area contributed by atoms with Crippen LogP contribution in [0.1, 0.15) is 41.6 Å². The standard InChI is InChI=1S/C29H25F2N3O2/c30-24-16-22(20-6-2-1-3-7-20)17-25(31)26(24)33-28(36)29(11-12-29)23-9-13-34(14-10-23)27(35)21-8-4-5-19(15-21)18-32/h1-8,15-17,23H,9-14H2,(H,33,36). The van der Waals surface area contributed by atoms with Crippen molar-refractivity contribution in [2.75, 3.05) is 18.4 Å². The lowest BCUT2D eigenvalue weighted by Crippen LogP contribution is -2.43. The summed E-state index contributed by atoms with van der Waals surface area (Å²) in [6.45, 7) is 0.980. The Kier molecular flexibility index (Phi) is 6.27. The van der Waals surface area contributed by atoms with Crippen molar-refractivity contribution in [1.29, 1.82) is 5.26 Å². The molecule has 0 bridgehead atoms. The molecule has 5 rings (SSSR count). The van der Waals surface area contributed by atoms with Crippen LogP contribution < -0.4 is 5.32 Å². The smallest absolute Gasteiger partial charge is 0.253 e. The van der Waals surface area contributed by atoms with E-state index >= 15 is 0 Å². The van der Waals surface area contributed by atoms with Gasteiger partial charge in [0.1, 0.15) is 17.3 Å². The summed E-state index contributed by atoms with van der Waals surface area (Å²) in [5.41, 5.74) is 0.912. The molecule has 0 spiro atoms. The Morgan fingerprint density at radius 3 is 2.19 bits per heavy atom. The lowest BCUT2D eigenvalue weighted by Gasteiger charge is -2.36. The molecule has 3 aromatic rings. The number of amides is 2. The molecule has 3 aromatic carbocycles. The van der Waals surface area contributed by atoms with Crippen LogP contribution in [0.4, 0.5) is 14.5 Å². The fourth-order valence-corrected chi connectivity index (χ4v) is 5.22. The number of nitrogens with one attached hydrogen (secondary N) is 1.